The third kappa shape index (κ3) is 5.22. The lowest BCUT2D eigenvalue weighted by atomic mass is 9.90. The molecule has 1 aromatic carbocycles. The lowest BCUT2D eigenvalue weighted by Crippen LogP contribution is -2.24. The highest BCUT2D eigenvalue weighted by molar-refractivity contribution is 5.92. The summed E-state index contributed by atoms with van der Waals surface area (Å²) in [5, 5.41) is 0. The first kappa shape index (κ1) is 19.2. The Morgan fingerprint density at radius 2 is 1.89 bits per heavy atom. The van der Waals surface area contributed by atoms with Crippen molar-refractivity contribution in [3.63, 3.8) is 0 Å². The second-order valence-corrected chi connectivity index (χ2v) is 7.06. The zero-order valence-corrected chi connectivity index (χ0v) is 15.8. The first-order valence-corrected chi connectivity index (χ1v) is 9.77. The fraction of sp³-hybridized carbons (Fsp3) is 0.455. The van der Waals surface area contributed by atoms with Crippen molar-refractivity contribution in [1.29, 1.82) is 0 Å². The van der Waals surface area contributed by atoms with Gasteiger partial charge in [-0.1, -0.05) is 49.6 Å². The number of hydrogen-bond donors (Lipinski definition) is 1. The number of hydrogen-bond acceptors (Lipinski definition) is 4. The number of carbonyl (C=O) groups excluding carboxylic acids is 1. The van der Waals surface area contributed by atoms with E-state index in [1.54, 1.807) is 13.0 Å². The number of pyridine rings is 1. The molecule has 27 heavy (non-hydrogen) atoms. The van der Waals surface area contributed by atoms with Crippen molar-refractivity contribution in [3.8, 4) is 5.75 Å². The molecule has 2 aromatic rings. The molecule has 1 heterocycles. The molecule has 0 radical (unpaired) electrons. The topological polar surface area (TPSA) is 68.4 Å². The van der Waals surface area contributed by atoms with Crippen LogP contribution in [-0.2, 0) is 11.2 Å². The number of esters is 1. The van der Waals surface area contributed by atoms with Gasteiger partial charge in [-0.2, -0.15) is 0 Å². The number of carbonyl (C=O) groups is 1. The van der Waals surface area contributed by atoms with Gasteiger partial charge in [0, 0.05) is 18.2 Å². The quantitative estimate of drug-likeness (QED) is 0.746. The lowest BCUT2D eigenvalue weighted by molar-refractivity contribution is 0.0518. The summed E-state index contributed by atoms with van der Waals surface area (Å²) in [5.41, 5.74) is 1.30. The van der Waals surface area contributed by atoms with Crippen molar-refractivity contribution in [2.45, 2.75) is 45.4 Å². The molecule has 0 spiro atoms. The van der Waals surface area contributed by atoms with Crippen LogP contribution in [0.15, 0.2) is 41.2 Å². The molecule has 1 saturated carbocycles. The summed E-state index contributed by atoms with van der Waals surface area (Å²) in [6, 6.07) is 11.6. The van der Waals surface area contributed by atoms with Crippen molar-refractivity contribution >= 4 is 5.97 Å². The number of benzene rings is 1. The Morgan fingerprint density at radius 1 is 1.15 bits per heavy atom. The zero-order chi connectivity index (χ0) is 19.1. The van der Waals surface area contributed by atoms with Gasteiger partial charge >= 0.3 is 5.97 Å². The number of aromatic amines is 1. The second kappa shape index (κ2) is 9.40. The predicted molar refractivity (Wildman–Crippen MR) is 104 cm³/mol. The SMILES string of the molecule is CCOC(=O)c1c(OCC2CCCCC2)cc(Cc2ccccc2)[nH]c1=O. The fourth-order valence-electron chi connectivity index (χ4n) is 3.57. The number of rotatable bonds is 7. The first-order valence-electron chi connectivity index (χ1n) is 9.77. The molecule has 0 atom stereocenters. The molecule has 5 heteroatoms. The summed E-state index contributed by atoms with van der Waals surface area (Å²) < 4.78 is 11.0. The van der Waals surface area contributed by atoms with Crippen molar-refractivity contribution < 1.29 is 14.3 Å². The average molecular weight is 369 g/mol. The van der Waals surface area contributed by atoms with E-state index in [0.717, 1.165) is 24.1 Å². The Balaban J connectivity index is 1.85. The Morgan fingerprint density at radius 3 is 2.59 bits per heavy atom. The van der Waals surface area contributed by atoms with Crippen molar-refractivity contribution in [3.05, 3.63) is 63.6 Å². The maximum atomic E-state index is 12.6. The van der Waals surface area contributed by atoms with E-state index in [9.17, 15) is 9.59 Å². The molecule has 1 aliphatic carbocycles. The highest BCUT2D eigenvalue weighted by Crippen LogP contribution is 2.26. The Bertz CT molecular complexity index is 807. The third-order valence-corrected chi connectivity index (χ3v) is 4.97. The highest BCUT2D eigenvalue weighted by Gasteiger charge is 2.22. The summed E-state index contributed by atoms with van der Waals surface area (Å²) >= 11 is 0. The summed E-state index contributed by atoms with van der Waals surface area (Å²) in [6.45, 7) is 2.46. The summed E-state index contributed by atoms with van der Waals surface area (Å²) in [5.74, 6) is 0.169. The largest absolute Gasteiger partial charge is 0.492 e. The van der Waals surface area contributed by atoms with Crippen molar-refractivity contribution in [1.82, 2.24) is 4.98 Å². The summed E-state index contributed by atoms with van der Waals surface area (Å²) in [7, 11) is 0. The van der Waals surface area contributed by atoms with Gasteiger partial charge in [-0.05, 0) is 31.2 Å². The van der Waals surface area contributed by atoms with Crippen LogP contribution >= 0.6 is 0 Å². The molecule has 3 rings (SSSR count). The predicted octanol–water partition coefficient (Wildman–Crippen LogP) is 4.10. The minimum absolute atomic E-state index is 0.0375. The maximum absolute atomic E-state index is 12.6. The summed E-state index contributed by atoms with van der Waals surface area (Å²) in [6.07, 6.45) is 6.54. The Kier molecular flexibility index (Phi) is 6.69. The maximum Gasteiger partial charge on any atom is 0.347 e. The van der Waals surface area contributed by atoms with Gasteiger partial charge < -0.3 is 14.5 Å². The Labute approximate surface area is 159 Å². The second-order valence-electron chi connectivity index (χ2n) is 7.06. The molecule has 1 fully saturated rings. The third-order valence-electron chi connectivity index (χ3n) is 4.97. The highest BCUT2D eigenvalue weighted by atomic mass is 16.5. The smallest absolute Gasteiger partial charge is 0.347 e. The molecule has 1 aliphatic rings. The molecule has 1 N–H and O–H groups in total. The van der Waals surface area contributed by atoms with Crippen LogP contribution in [0.2, 0.25) is 0 Å². The molecule has 5 nitrogen and oxygen atoms in total. The molecule has 0 bridgehead atoms. The average Bonchev–Trinajstić information content (AvgIpc) is 2.68. The molecule has 0 aliphatic heterocycles. The normalized spacial score (nSPS) is 14.7. The van der Waals surface area contributed by atoms with Crippen LogP contribution in [0.5, 0.6) is 5.75 Å². The molecule has 144 valence electrons. The molecule has 0 unspecified atom stereocenters. The van der Waals surface area contributed by atoms with E-state index >= 15 is 0 Å². The molecule has 0 amide bonds. The van der Waals surface area contributed by atoms with E-state index in [1.807, 2.05) is 30.3 Å². The molecular formula is C22H27NO4. The summed E-state index contributed by atoms with van der Waals surface area (Å²) in [4.78, 5) is 27.7. The van der Waals surface area contributed by atoms with Crippen molar-refractivity contribution in [2.75, 3.05) is 13.2 Å². The number of nitrogens with one attached hydrogen (secondary N) is 1. The van der Waals surface area contributed by atoms with Crippen LogP contribution in [0.4, 0.5) is 0 Å². The fourth-order valence-corrected chi connectivity index (χ4v) is 3.57. The number of aromatic nitrogens is 1. The van der Waals surface area contributed by atoms with Gasteiger partial charge in [0.15, 0.2) is 5.56 Å². The van der Waals surface area contributed by atoms with Gasteiger partial charge in [0.1, 0.15) is 5.75 Å². The van der Waals surface area contributed by atoms with Crippen LogP contribution in [-0.4, -0.2) is 24.2 Å². The van der Waals surface area contributed by atoms with Crippen LogP contribution in [0.1, 0.15) is 60.6 Å². The van der Waals surface area contributed by atoms with Crippen LogP contribution in [0.25, 0.3) is 0 Å². The number of ether oxygens (including phenoxy) is 2. The molecule has 0 saturated heterocycles. The van der Waals surface area contributed by atoms with E-state index in [-0.39, 0.29) is 12.2 Å². The van der Waals surface area contributed by atoms with E-state index in [0.29, 0.717) is 24.7 Å². The standard InChI is InChI=1S/C22H27NO4/c1-2-26-22(25)20-19(27-15-17-11-7-4-8-12-17)14-18(23-21(20)24)13-16-9-5-3-6-10-16/h3,5-6,9-10,14,17H,2,4,7-8,11-13,15H2,1H3,(H,23,24). The van der Waals surface area contributed by atoms with Gasteiger partial charge in [0.2, 0.25) is 0 Å². The van der Waals surface area contributed by atoms with Gasteiger partial charge in [-0.3, -0.25) is 4.79 Å². The van der Waals surface area contributed by atoms with Crippen molar-refractivity contribution in [2.24, 2.45) is 5.92 Å². The first-order chi connectivity index (χ1) is 13.2. The minimum Gasteiger partial charge on any atom is -0.492 e. The minimum atomic E-state index is -0.636. The molecular weight excluding hydrogens is 342 g/mol. The Hall–Kier alpha value is -2.56. The number of H-pyrrole nitrogens is 1. The van der Waals surface area contributed by atoms with Crippen LogP contribution < -0.4 is 10.3 Å². The van der Waals surface area contributed by atoms with Crippen LogP contribution in [0.3, 0.4) is 0 Å². The van der Waals surface area contributed by atoms with Crippen LogP contribution in [0, 0.1) is 5.92 Å². The van der Waals surface area contributed by atoms with Gasteiger partial charge in [-0.25, -0.2) is 4.79 Å². The van der Waals surface area contributed by atoms with E-state index in [4.69, 9.17) is 9.47 Å². The molecule has 1 aromatic heterocycles. The van der Waals surface area contributed by atoms with Gasteiger partial charge in [0.25, 0.3) is 5.56 Å². The monoisotopic (exact) mass is 369 g/mol. The zero-order valence-electron chi connectivity index (χ0n) is 15.8. The lowest BCUT2D eigenvalue weighted by Gasteiger charge is -2.22. The van der Waals surface area contributed by atoms with E-state index in [2.05, 4.69) is 4.98 Å². The van der Waals surface area contributed by atoms with Gasteiger partial charge in [-0.15, -0.1) is 0 Å². The van der Waals surface area contributed by atoms with E-state index < -0.39 is 11.5 Å². The van der Waals surface area contributed by atoms with E-state index in [1.165, 1.54) is 19.3 Å². The van der Waals surface area contributed by atoms with Gasteiger partial charge in [0.05, 0.1) is 13.2 Å².